The lowest BCUT2D eigenvalue weighted by atomic mass is 10.0. The van der Waals surface area contributed by atoms with Gasteiger partial charge in [-0.3, -0.25) is 4.68 Å². The lowest BCUT2D eigenvalue weighted by molar-refractivity contribution is 0.0532. The topological polar surface area (TPSA) is 84.2 Å². The summed E-state index contributed by atoms with van der Waals surface area (Å²) in [5.41, 5.74) is 0.139. The average molecular weight is 335 g/mol. The van der Waals surface area contributed by atoms with E-state index in [0.717, 1.165) is 18.4 Å². The maximum absolute atomic E-state index is 12.3. The molecule has 0 spiro atoms. The van der Waals surface area contributed by atoms with Crippen molar-refractivity contribution in [2.75, 3.05) is 6.54 Å². The number of rotatable bonds is 6. The molecule has 0 saturated heterocycles. The first-order valence-electron chi connectivity index (χ1n) is 7.75. The van der Waals surface area contributed by atoms with Crippen LogP contribution in [0.5, 0.6) is 0 Å². The highest BCUT2D eigenvalue weighted by molar-refractivity contribution is 7.89. The minimum absolute atomic E-state index is 0.0548. The zero-order valence-corrected chi connectivity index (χ0v) is 13.7. The molecule has 3 rings (SSSR count). The van der Waals surface area contributed by atoms with E-state index in [9.17, 15) is 13.5 Å². The molecule has 1 fully saturated rings. The van der Waals surface area contributed by atoms with Crippen molar-refractivity contribution in [1.82, 2.24) is 14.5 Å². The molecule has 1 aromatic carbocycles. The van der Waals surface area contributed by atoms with Crippen molar-refractivity contribution in [2.45, 2.75) is 42.7 Å². The van der Waals surface area contributed by atoms with Gasteiger partial charge in [0, 0.05) is 12.7 Å². The van der Waals surface area contributed by atoms with Crippen molar-refractivity contribution < 1.29 is 13.5 Å². The summed E-state index contributed by atoms with van der Waals surface area (Å²) >= 11 is 0. The molecule has 0 unspecified atom stereocenters. The number of hydrogen-bond acceptors (Lipinski definition) is 4. The summed E-state index contributed by atoms with van der Waals surface area (Å²) in [7, 11) is -3.65. The first-order valence-corrected chi connectivity index (χ1v) is 9.24. The van der Waals surface area contributed by atoms with Crippen molar-refractivity contribution in [3.8, 4) is 0 Å². The maximum Gasteiger partial charge on any atom is 0.243 e. The predicted molar refractivity (Wildman–Crippen MR) is 86.4 cm³/mol. The van der Waals surface area contributed by atoms with Gasteiger partial charge in [-0.2, -0.15) is 5.10 Å². The van der Waals surface area contributed by atoms with Crippen LogP contribution >= 0.6 is 0 Å². The normalized spacial score (nSPS) is 17.4. The van der Waals surface area contributed by atoms with E-state index in [2.05, 4.69) is 9.82 Å². The SMILES string of the molecule is O=S(=O)(NCC1(O)CCCC1)c1cnn(Cc2ccccc2)c1. The highest BCUT2D eigenvalue weighted by Crippen LogP contribution is 2.29. The fourth-order valence-corrected chi connectivity index (χ4v) is 3.93. The van der Waals surface area contributed by atoms with E-state index in [4.69, 9.17) is 0 Å². The third kappa shape index (κ3) is 3.99. The Kier molecular flexibility index (Phi) is 4.52. The predicted octanol–water partition coefficient (Wildman–Crippen LogP) is 1.51. The summed E-state index contributed by atoms with van der Waals surface area (Å²) < 4.78 is 28.7. The molecule has 1 heterocycles. The lowest BCUT2D eigenvalue weighted by Crippen LogP contribution is -2.40. The Morgan fingerprint density at radius 3 is 2.61 bits per heavy atom. The summed E-state index contributed by atoms with van der Waals surface area (Å²) in [5.74, 6) is 0. The van der Waals surface area contributed by atoms with Gasteiger partial charge in [-0.25, -0.2) is 13.1 Å². The van der Waals surface area contributed by atoms with Crippen LogP contribution in [-0.4, -0.2) is 35.5 Å². The molecule has 6 nitrogen and oxygen atoms in total. The molecule has 2 N–H and O–H groups in total. The quantitative estimate of drug-likeness (QED) is 0.838. The Morgan fingerprint density at radius 1 is 1.22 bits per heavy atom. The van der Waals surface area contributed by atoms with E-state index in [-0.39, 0.29) is 11.4 Å². The summed E-state index contributed by atoms with van der Waals surface area (Å²) in [4.78, 5) is 0.120. The van der Waals surface area contributed by atoms with Crippen molar-refractivity contribution >= 4 is 10.0 Å². The van der Waals surface area contributed by atoms with E-state index in [1.54, 1.807) is 4.68 Å². The summed E-state index contributed by atoms with van der Waals surface area (Å²) in [6.45, 7) is 0.569. The lowest BCUT2D eigenvalue weighted by Gasteiger charge is -2.21. The fraction of sp³-hybridized carbons (Fsp3) is 0.438. The van der Waals surface area contributed by atoms with Gasteiger partial charge in [-0.15, -0.1) is 0 Å². The molecule has 2 aromatic rings. The van der Waals surface area contributed by atoms with Crippen LogP contribution in [-0.2, 0) is 16.6 Å². The van der Waals surface area contributed by atoms with Crippen LogP contribution in [0.4, 0.5) is 0 Å². The fourth-order valence-electron chi connectivity index (χ4n) is 2.86. The molecule has 0 radical (unpaired) electrons. The number of sulfonamides is 1. The Hall–Kier alpha value is -1.70. The molecule has 0 atom stereocenters. The number of aromatic nitrogens is 2. The molecule has 1 aromatic heterocycles. The highest BCUT2D eigenvalue weighted by Gasteiger charge is 2.32. The second-order valence-corrected chi connectivity index (χ2v) is 7.88. The van der Waals surface area contributed by atoms with Crippen LogP contribution in [0.1, 0.15) is 31.2 Å². The third-order valence-corrected chi connectivity index (χ3v) is 5.59. The van der Waals surface area contributed by atoms with Crippen LogP contribution < -0.4 is 4.72 Å². The Balaban J connectivity index is 1.66. The minimum Gasteiger partial charge on any atom is -0.389 e. The molecule has 0 bridgehead atoms. The number of aliphatic hydroxyl groups is 1. The van der Waals surface area contributed by atoms with Crippen LogP contribution in [0.25, 0.3) is 0 Å². The Labute approximate surface area is 136 Å². The molecule has 124 valence electrons. The first-order chi connectivity index (χ1) is 11.0. The van der Waals surface area contributed by atoms with E-state index in [1.165, 1.54) is 12.4 Å². The average Bonchev–Trinajstić information content (AvgIpc) is 3.17. The molecule has 1 saturated carbocycles. The van der Waals surface area contributed by atoms with Crippen LogP contribution in [0.3, 0.4) is 0 Å². The number of nitrogens with one attached hydrogen (secondary N) is 1. The van der Waals surface area contributed by atoms with Crippen LogP contribution in [0, 0.1) is 0 Å². The van der Waals surface area contributed by atoms with Crippen molar-refractivity contribution in [3.63, 3.8) is 0 Å². The third-order valence-electron chi connectivity index (χ3n) is 4.23. The van der Waals surface area contributed by atoms with Gasteiger partial charge in [0.25, 0.3) is 0 Å². The van der Waals surface area contributed by atoms with Crippen LogP contribution in [0.15, 0.2) is 47.6 Å². The van der Waals surface area contributed by atoms with Gasteiger partial charge >= 0.3 is 0 Å². The van der Waals surface area contributed by atoms with E-state index in [1.807, 2.05) is 30.3 Å². The van der Waals surface area contributed by atoms with Gasteiger partial charge in [-0.1, -0.05) is 43.2 Å². The molecule has 23 heavy (non-hydrogen) atoms. The van der Waals surface area contributed by atoms with Gasteiger partial charge in [0.2, 0.25) is 10.0 Å². The minimum atomic E-state index is -3.65. The molecule has 1 aliphatic carbocycles. The number of benzene rings is 1. The van der Waals surface area contributed by atoms with Crippen molar-refractivity contribution in [3.05, 3.63) is 48.3 Å². The van der Waals surface area contributed by atoms with Gasteiger partial charge < -0.3 is 5.11 Å². The summed E-state index contributed by atoms with van der Waals surface area (Å²) in [5, 5.41) is 14.4. The van der Waals surface area contributed by atoms with Gasteiger partial charge in [0.15, 0.2) is 0 Å². The molecule has 1 aliphatic rings. The molecule has 0 aliphatic heterocycles. The smallest absolute Gasteiger partial charge is 0.243 e. The maximum atomic E-state index is 12.3. The van der Waals surface area contributed by atoms with E-state index < -0.39 is 15.6 Å². The van der Waals surface area contributed by atoms with Gasteiger partial charge in [0.05, 0.1) is 18.3 Å². The number of hydrogen-bond donors (Lipinski definition) is 2. The van der Waals surface area contributed by atoms with E-state index >= 15 is 0 Å². The molecule has 0 amide bonds. The van der Waals surface area contributed by atoms with Gasteiger partial charge in [-0.05, 0) is 18.4 Å². The molecular weight excluding hydrogens is 314 g/mol. The highest BCUT2D eigenvalue weighted by atomic mass is 32.2. The second-order valence-electron chi connectivity index (χ2n) is 6.12. The van der Waals surface area contributed by atoms with Crippen LogP contribution in [0.2, 0.25) is 0 Å². The zero-order chi connectivity index (χ0) is 16.3. The largest absolute Gasteiger partial charge is 0.389 e. The summed E-state index contributed by atoms with van der Waals surface area (Å²) in [6.07, 6.45) is 6.00. The number of nitrogens with zero attached hydrogens (tertiary/aromatic N) is 2. The standard InChI is InChI=1S/C16H21N3O3S/c20-16(8-4-5-9-16)13-18-23(21,22)15-10-17-19(12-15)11-14-6-2-1-3-7-14/h1-3,6-7,10,12,18,20H,4-5,8-9,11,13H2. The zero-order valence-electron chi connectivity index (χ0n) is 12.9. The Bertz CT molecular complexity index is 750. The second kappa shape index (κ2) is 6.43. The first kappa shape index (κ1) is 16.2. The summed E-state index contributed by atoms with van der Waals surface area (Å²) in [6, 6.07) is 9.72. The van der Waals surface area contributed by atoms with E-state index in [0.29, 0.717) is 19.4 Å². The van der Waals surface area contributed by atoms with Crippen molar-refractivity contribution in [1.29, 1.82) is 0 Å². The van der Waals surface area contributed by atoms with Crippen molar-refractivity contribution in [2.24, 2.45) is 0 Å². The Morgan fingerprint density at radius 2 is 1.91 bits per heavy atom. The molecular formula is C16H21N3O3S. The molecule has 7 heteroatoms. The monoisotopic (exact) mass is 335 g/mol. The van der Waals surface area contributed by atoms with Gasteiger partial charge in [0.1, 0.15) is 4.90 Å².